The van der Waals surface area contributed by atoms with Crippen LogP contribution in [0.2, 0.25) is 0 Å². The average Bonchev–Trinajstić information content (AvgIpc) is 1.63. The SMILES string of the molecule is CC.CC.CC.CC.CC.CC.CC.CC.CC.CC.CC.CC.CC.CC.CC.c1ccc2c(c1)Cc1c-2ccc2c1Cc1cc3c(cc1-2)Cc1cccc2c1N3c1ccccc1C2.c1ccc2c(c1)Cc1c-2ccc2c1Cc1ccc3c(c1-2)N1c2ccccc2Cc2cccc(c21)C3.c1ccc2c(c1)Cc1ccc3c(c1-2)Cc1ccc2c(c1-3)N1c3ccccc3Cc3cccc(c31)C2. The third-order valence-corrected chi connectivity index (χ3v) is 26.2. The Morgan fingerprint density at radius 1 is 0.126 bits per heavy atom. The molecule has 0 fully saturated rings. The summed E-state index contributed by atoms with van der Waals surface area (Å²) in [5.41, 5.74) is 65.3. The van der Waals surface area contributed by atoms with E-state index in [1.165, 1.54) is 229 Å². The van der Waals surface area contributed by atoms with Crippen molar-refractivity contribution in [3.05, 3.63) is 407 Å². The fourth-order valence-corrected chi connectivity index (χ4v) is 21.8. The zero-order chi connectivity index (χ0) is 98.0. The Morgan fingerprint density at radius 2 is 0.363 bits per heavy atom. The minimum absolute atomic E-state index is 1.01. The van der Waals surface area contributed by atoms with Crippen molar-refractivity contribution in [1.29, 1.82) is 0 Å². The molecule has 702 valence electrons. The number of benzene rings is 15. The van der Waals surface area contributed by atoms with Crippen LogP contribution in [-0.4, -0.2) is 0 Å². The highest BCUT2D eigenvalue weighted by molar-refractivity contribution is 6.04. The highest BCUT2D eigenvalue weighted by atomic mass is 15.2. The lowest BCUT2D eigenvalue weighted by Crippen LogP contribution is -2.25. The first-order valence-electron chi connectivity index (χ1n) is 53.2. The van der Waals surface area contributed by atoms with Crippen LogP contribution in [0.1, 0.15) is 341 Å². The van der Waals surface area contributed by atoms with E-state index in [1.807, 2.05) is 208 Å². The van der Waals surface area contributed by atoms with Crippen molar-refractivity contribution in [3.63, 3.8) is 0 Å². The molecule has 0 N–H and O–H groups in total. The lowest BCUT2D eigenvalue weighted by atomic mass is 9.84. The van der Waals surface area contributed by atoms with Gasteiger partial charge in [0.2, 0.25) is 0 Å². The van der Waals surface area contributed by atoms with Crippen LogP contribution >= 0.6 is 0 Å². The highest BCUT2D eigenvalue weighted by Crippen LogP contribution is 2.62. The number of hydrogen-bond acceptors (Lipinski definition) is 3. The number of para-hydroxylation sites is 6. The van der Waals surface area contributed by atoms with Crippen LogP contribution in [0.5, 0.6) is 0 Å². The first-order valence-corrected chi connectivity index (χ1v) is 53.2. The Hall–Kier alpha value is -12.3. The molecule has 15 aromatic rings. The summed E-state index contributed by atoms with van der Waals surface area (Å²) in [6.45, 7) is 60.0. The van der Waals surface area contributed by atoms with Crippen molar-refractivity contribution in [2.24, 2.45) is 0 Å². The molecule has 0 amide bonds. The molecular formula is C132H159N3. The Bertz CT molecular complexity index is 6470. The van der Waals surface area contributed by atoms with E-state index in [0.29, 0.717) is 0 Å². The standard InChI is InChI=1S/3C34H23N.15C2H6/c1-3-10-26-20(6-1)16-30-27(26)12-13-28-29-18-25-15-23-9-5-8-22-14-21-7-2-4-11-32(21)35(34(22)23)33(25)19-24(29)17-31(28)30;1-3-10-26-20(6-1)18-29-27(26)14-15-28-30(29)19-22-12-13-25-17-24-9-5-8-23-16-21-7-2-4-11-31(21)35(33(23)24)34(25)32(22)28;1-3-10-27-20(6-1)16-22-14-15-28-29(31(22)27)19-23-12-13-26-18-25-9-5-8-24-17-21-7-2-4-11-30(21)35(33(24)25)34(26)32(23)28;15*1-2/h1-13,18-19H,14-17H2;2*1-15H,16-19H2;15*1-2H3. The zero-order valence-corrected chi connectivity index (χ0v) is 88.3. The molecule has 0 spiro atoms. The second-order valence-corrected chi connectivity index (χ2v) is 31.5. The Labute approximate surface area is 818 Å². The summed E-state index contributed by atoms with van der Waals surface area (Å²) in [5, 5.41) is 0. The first-order chi connectivity index (χ1) is 67.0. The summed E-state index contributed by atoms with van der Waals surface area (Å²) < 4.78 is 0. The van der Waals surface area contributed by atoms with Gasteiger partial charge in [-0.2, -0.15) is 0 Å². The molecule has 15 aromatic carbocycles. The minimum atomic E-state index is 1.01. The van der Waals surface area contributed by atoms with Gasteiger partial charge in [0.05, 0.1) is 34.1 Å². The fraction of sp³-hybridized carbons (Fsp3) is 0.318. The van der Waals surface area contributed by atoms with Gasteiger partial charge < -0.3 is 14.7 Å². The summed E-state index contributed by atoms with van der Waals surface area (Å²) in [6.07, 6.45) is 12.4. The van der Waals surface area contributed by atoms with Gasteiger partial charge in [0.25, 0.3) is 0 Å². The second-order valence-electron chi connectivity index (χ2n) is 31.5. The van der Waals surface area contributed by atoms with Crippen LogP contribution in [0, 0.1) is 0 Å². The molecule has 0 bridgehead atoms. The minimum Gasteiger partial charge on any atom is -0.309 e. The molecule has 135 heavy (non-hydrogen) atoms. The van der Waals surface area contributed by atoms with Crippen molar-refractivity contribution in [3.8, 4) is 66.8 Å². The molecule has 3 nitrogen and oxygen atoms in total. The molecule has 0 atom stereocenters. The van der Waals surface area contributed by atoms with Gasteiger partial charge in [0, 0.05) is 66.7 Å². The van der Waals surface area contributed by atoms with E-state index in [1.54, 1.807) is 22.3 Å². The van der Waals surface area contributed by atoms with Gasteiger partial charge in [-0.05, 0) is 258 Å². The predicted molar refractivity (Wildman–Crippen MR) is 600 cm³/mol. The van der Waals surface area contributed by atoms with E-state index in [9.17, 15) is 0 Å². The van der Waals surface area contributed by atoms with Crippen molar-refractivity contribution in [2.75, 3.05) is 14.7 Å². The summed E-state index contributed by atoms with van der Waals surface area (Å²) in [6, 6.07) is 104. The number of hydrogen-bond donors (Lipinski definition) is 0. The van der Waals surface area contributed by atoms with Gasteiger partial charge in [-0.15, -0.1) is 0 Å². The van der Waals surface area contributed by atoms with E-state index in [2.05, 4.69) is 288 Å². The van der Waals surface area contributed by atoms with E-state index in [-0.39, 0.29) is 0 Å². The number of nitrogens with zero attached hydrogens (tertiary/aromatic N) is 3. The lowest BCUT2D eigenvalue weighted by molar-refractivity contribution is 1.01. The van der Waals surface area contributed by atoms with Crippen LogP contribution in [0.15, 0.2) is 273 Å². The van der Waals surface area contributed by atoms with Gasteiger partial charge in [0.15, 0.2) is 0 Å². The normalized spacial score (nSPS) is 12.3. The van der Waals surface area contributed by atoms with Crippen LogP contribution in [0.3, 0.4) is 0 Å². The maximum absolute atomic E-state index is 2.61. The van der Waals surface area contributed by atoms with Gasteiger partial charge in [0.1, 0.15) is 0 Å². The zero-order valence-electron chi connectivity index (χ0n) is 88.3. The fourth-order valence-electron chi connectivity index (χ4n) is 21.8. The molecule has 12 aliphatic rings. The van der Waals surface area contributed by atoms with Crippen molar-refractivity contribution in [1.82, 2.24) is 0 Å². The summed E-state index contributed by atoms with van der Waals surface area (Å²) >= 11 is 0. The summed E-state index contributed by atoms with van der Waals surface area (Å²) in [4.78, 5) is 7.78. The molecule has 6 heterocycles. The second kappa shape index (κ2) is 49.8. The average molecular weight is 1790 g/mol. The maximum Gasteiger partial charge on any atom is 0.0578 e. The summed E-state index contributed by atoms with van der Waals surface area (Å²) in [7, 11) is 0. The smallest absolute Gasteiger partial charge is 0.0578 e. The third kappa shape index (κ3) is 18.8. The van der Waals surface area contributed by atoms with Crippen LogP contribution in [-0.2, 0) is 77.0 Å². The van der Waals surface area contributed by atoms with Crippen LogP contribution in [0.4, 0.5) is 51.2 Å². The van der Waals surface area contributed by atoms with E-state index in [0.717, 1.165) is 77.0 Å². The molecule has 0 saturated heterocycles. The quantitative estimate of drug-likeness (QED) is 0.150. The molecule has 27 rings (SSSR count). The topological polar surface area (TPSA) is 9.72 Å². The number of rotatable bonds is 0. The molecule has 0 saturated carbocycles. The monoisotopic (exact) mass is 1790 g/mol. The largest absolute Gasteiger partial charge is 0.309 e. The van der Waals surface area contributed by atoms with Gasteiger partial charge in [-0.25, -0.2) is 0 Å². The highest BCUT2D eigenvalue weighted by Gasteiger charge is 2.42. The Balaban J connectivity index is 0.000000184. The molecule has 0 aromatic heterocycles. The maximum atomic E-state index is 2.61. The first kappa shape index (κ1) is 105. The van der Waals surface area contributed by atoms with Crippen molar-refractivity contribution in [2.45, 2.75) is 285 Å². The molecule has 0 radical (unpaired) electrons. The van der Waals surface area contributed by atoms with Gasteiger partial charge in [-0.3, -0.25) is 0 Å². The van der Waals surface area contributed by atoms with Crippen molar-refractivity contribution >= 4 is 51.2 Å². The number of fused-ring (bicyclic) bond motifs is 35. The van der Waals surface area contributed by atoms with E-state index in [4.69, 9.17) is 0 Å². The molecule has 0 unspecified atom stereocenters. The molecule has 6 aliphatic heterocycles. The van der Waals surface area contributed by atoms with Crippen LogP contribution in [0.25, 0.3) is 66.8 Å². The van der Waals surface area contributed by atoms with E-state index >= 15 is 0 Å². The van der Waals surface area contributed by atoms with Crippen LogP contribution < -0.4 is 14.7 Å². The summed E-state index contributed by atoms with van der Waals surface area (Å²) in [5.74, 6) is 0. The predicted octanol–water partition coefficient (Wildman–Crippen LogP) is 39.7. The Kier molecular flexibility index (Phi) is 38.6. The van der Waals surface area contributed by atoms with E-state index < -0.39 is 0 Å². The number of anilines is 9. The van der Waals surface area contributed by atoms with Gasteiger partial charge >= 0.3 is 0 Å². The Morgan fingerprint density at radius 3 is 0.770 bits per heavy atom. The third-order valence-electron chi connectivity index (χ3n) is 26.2. The molecule has 3 heteroatoms. The van der Waals surface area contributed by atoms with Gasteiger partial charge in [-0.1, -0.05) is 450 Å². The molecule has 6 aliphatic carbocycles. The van der Waals surface area contributed by atoms with Crippen molar-refractivity contribution < 1.29 is 0 Å². The molecular weight excluding hydrogens is 1630 g/mol. The lowest BCUT2D eigenvalue weighted by Gasteiger charge is -2.40.